The van der Waals surface area contributed by atoms with Crippen LogP contribution in [0.2, 0.25) is 10.0 Å². The summed E-state index contributed by atoms with van der Waals surface area (Å²) in [7, 11) is 3.93. The van der Waals surface area contributed by atoms with Gasteiger partial charge in [-0.15, -0.1) is 0 Å². The Balaban J connectivity index is 2.31. The van der Waals surface area contributed by atoms with Crippen LogP contribution in [0.25, 0.3) is 0 Å². The SMILES string of the molecule is CCOC(=O)C1=C(C)N(c2ccc(N(C)C)cc2)C(C)=C(C(=O)OCC)C1c1ccc(Cl)c(Cl)c1. The molecule has 2 aromatic carbocycles. The number of esters is 2. The molecule has 186 valence electrons. The van der Waals surface area contributed by atoms with Crippen molar-refractivity contribution in [2.24, 2.45) is 0 Å². The van der Waals surface area contributed by atoms with Gasteiger partial charge < -0.3 is 19.3 Å². The predicted molar refractivity (Wildman–Crippen MR) is 141 cm³/mol. The number of nitrogens with zero attached hydrogens (tertiary/aromatic N) is 2. The summed E-state index contributed by atoms with van der Waals surface area (Å²) in [5.41, 5.74) is 4.48. The van der Waals surface area contributed by atoms with Crippen LogP contribution in [0.4, 0.5) is 11.4 Å². The van der Waals surface area contributed by atoms with Crippen LogP contribution in [0.15, 0.2) is 65.0 Å². The lowest BCUT2D eigenvalue weighted by Crippen LogP contribution is -2.35. The third kappa shape index (κ3) is 5.34. The van der Waals surface area contributed by atoms with Gasteiger partial charge in [0.25, 0.3) is 0 Å². The summed E-state index contributed by atoms with van der Waals surface area (Å²) in [6.07, 6.45) is 0. The first-order valence-electron chi connectivity index (χ1n) is 11.4. The largest absolute Gasteiger partial charge is 0.463 e. The van der Waals surface area contributed by atoms with E-state index in [0.717, 1.165) is 11.4 Å². The first-order valence-corrected chi connectivity index (χ1v) is 12.2. The molecule has 0 bridgehead atoms. The molecule has 0 aromatic heterocycles. The molecule has 0 atom stereocenters. The highest BCUT2D eigenvalue weighted by Gasteiger charge is 2.41. The van der Waals surface area contributed by atoms with Crippen molar-refractivity contribution in [3.05, 3.63) is 80.6 Å². The lowest BCUT2D eigenvalue weighted by atomic mass is 9.79. The van der Waals surface area contributed by atoms with Gasteiger partial charge in [0.1, 0.15) is 0 Å². The third-order valence-corrected chi connectivity index (χ3v) is 6.66. The molecule has 1 aliphatic heterocycles. The Hall–Kier alpha value is -2.96. The topological polar surface area (TPSA) is 59.1 Å². The van der Waals surface area contributed by atoms with Crippen molar-refractivity contribution >= 4 is 46.5 Å². The molecule has 0 unspecified atom stereocenters. The molecule has 8 heteroatoms. The van der Waals surface area contributed by atoms with Gasteiger partial charge in [0.05, 0.1) is 40.3 Å². The average Bonchev–Trinajstić information content (AvgIpc) is 2.81. The number of allylic oxidation sites excluding steroid dienone is 2. The minimum Gasteiger partial charge on any atom is -0.463 e. The van der Waals surface area contributed by atoms with E-state index in [9.17, 15) is 9.59 Å². The summed E-state index contributed by atoms with van der Waals surface area (Å²) in [5, 5.41) is 0.707. The highest BCUT2D eigenvalue weighted by atomic mass is 35.5. The molecule has 0 fully saturated rings. The Morgan fingerprint density at radius 3 is 1.80 bits per heavy atom. The summed E-state index contributed by atoms with van der Waals surface area (Å²) in [5.74, 6) is -1.75. The third-order valence-electron chi connectivity index (χ3n) is 5.92. The molecule has 0 spiro atoms. The maximum Gasteiger partial charge on any atom is 0.336 e. The van der Waals surface area contributed by atoms with Crippen molar-refractivity contribution < 1.29 is 19.1 Å². The van der Waals surface area contributed by atoms with Gasteiger partial charge in [0.15, 0.2) is 0 Å². The molecule has 2 aromatic rings. The summed E-state index contributed by atoms with van der Waals surface area (Å²) >= 11 is 12.5. The fourth-order valence-electron chi connectivity index (χ4n) is 4.32. The average molecular weight is 517 g/mol. The molecule has 6 nitrogen and oxygen atoms in total. The van der Waals surface area contributed by atoms with Gasteiger partial charge >= 0.3 is 11.9 Å². The maximum absolute atomic E-state index is 13.3. The molecule has 1 heterocycles. The highest BCUT2D eigenvalue weighted by Crippen LogP contribution is 2.45. The molecule has 0 saturated heterocycles. The minimum absolute atomic E-state index is 0.193. The number of halogens is 2. The zero-order valence-electron chi connectivity index (χ0n) is 20.8. The van der Waals surface area contributed by atoms with Crippen LogP contribution in [-0.4, -0.2) is 39.2 Å². The smallest absolute Gasteiger partial charge is 0.336 e. The van der Waals surface area contributed by atoms with E-state index in [1.807, 2.05) is 62.0 Å². The Labute approximate surface area is 216 Å². The van der Waals surface area contributed by atoms with Crippen LogP contribution < -0.4 is 9.80 Å². The van der Waals surface area contributed by atoms with Gasteiger partial charge in [-0.1, -0.05) is 29.3 Å². The quantitative estimate of drug-likeness (QED) is 0.400. The van der Waals surface area contributed by atoms with Crippen LogP contribution >= 0.6 is 23.2 Å². The molecule has 35 heavy (non-hydrogen) atoms. The number of rotatable bonds is 7. The summed E-state index contributed by atoms with van der Waals surface area (Å²) < 4.78 is 10.9. The van der Waals surface area contributed by atoms with E-state index in [2.05, 4.69) is 0 Å². The van der Waals surface area contributed by atoms with Crippen molar-refractivity contribution in [3.63, 3.8) is 0 Å². The number of anilines is 2. The zero-order valence-corrected chi connectivity index (χ0v) is 22.3. The minimum atomic E-state index is -0.736. The lowest BCUT2D eigenvalue weighted by Gasteiger charge is -2.38. The van der Waals surface area contributed by atoms with E-state index >= 15 is 0 Å². The molecular weight excluding hydrogens is 487 g/mol. The van der Waals surface area contributed by atoms with Gasteiger partial charge in [-0.3, -0.25) is 0 Å². The van der Waals surface area contributed by atoms with Gasteiger partial charge in [-0.05, 0) is 69.7 Å². The first kappa shape index (κ1) is 26.6. The second kappa shape index (κ2) is 11.2. The molecule has 0 saturated carbocycles. The van der Waals surface area contributed by atoms with E-state index in [1.54, 1.807) is 32.0 Å². The fraction of sp³-hybridized carbons (Fsp3) is 0.333. The van der Waals surface area contributed by atoms with Gasteiger partial charge in [-0.25, -0.2) is 9.59 Å². The standard InChI is InChI=1S/C27H30Cl2N2O4/c1-7-34-26(32)23-16(3)31(20-12-10-19(11-13-20)30(5)6)17(4)24(27(33)35-8-2)25(23)18-9-14-21(28)22(29)15-18/h9-15,25H,7-8H2,1-6H3. The lowest BCUT2D eigenvalue weighted by molar-refractivity contribution is -0.139. The van der Waals surface area contributed by atoms with E-state index in [-0.39, 0.29) is 13.2 Å². The van der Waals surface area contributed by atoms with Crippen molar-refractivity contribution in [2.75, 3.05) is 37.1 Å². The number of hydrogen-bond acceptors (Lipinski definition) is 6. The van der Waals surface area contributed by atoms with Crippen LogP contribution in [0, 0.1) is 0 Å². The Kier molecular flexibility index (Phi) is 8.51. The maximum atomic E-state index is 13.3. The van der Waals surface area contributed by atoms with Gasteiger partial charge in [-0.2, -0.15) is 0 Å². The number of hydrogen-bond donors (Lipinski definition) is 0. The highest BCUT2D eigenvalue weighted by molar-refractivity contribution is 6.42. The monoisotopic (exact) mass is 516 g/mol. The molecule has 0 N–H and O–H groups in total. The molecule has 3 rings (SSSR count). The van der Waals surface area contributed by atoms with E-state index in [0.29, 0.717) is 38.1 Å². The summed E-state index contributed by atoms with van der Waals surface area (Å²) in [4.78, 5) is 30.6. The van der Waals surface area contributed by atoms with Crippen molar-refractivity contribution in [2.45, 2.75) is 33.6 Å². The van der Waals surface area contributed by atoms with Crippen LogP contribution in [0.3, 0.4) is 0 Å². The molecule has 0 radical (unpaired) electrons. The number of benzene rings is 2. The fourth-order valence-corrected chi connectivity index (χ4v) is 4.62. The summed E-state index contributed by atoms with van der Waals surface area (Å²) in [6, 6.07) is 13.0. The molecule has 0 amide bonds. The van der Waals surface area contributed by atoms with Crippen LogP contribution in [-0.2, 0) is 19.1 Å². The number of ether oxygens (including phenoxy) is 2. The van der Waals surface area contributed by atoms with Crippen LogP contribution in [0.1, 0.15) is 39.2 Å². The second-order valence-electron chi connectivity index (χ2n) is 8.29. The molecule has 0 aliphatic carbocycles. The first-order chi connectivity index (χ1) is 16.6. The van der Waals surface area contributed by atoms with Crippen molar-refractivity contribution in [1.29, 1.82) is 0 Å². The van der Waals surface area contributed by atoms with Crippen molar-refractivity contribution in [3.8, 4) is 0 Å². The number of carbonyl (C=O) groups excluding carboxylic acids is 2. The summed E-state index contributed by atoms with van der Waals surface area (Å²) in [6.45, 7) is 7.58. The van der Waals surface area contributed by atoms with E-state index < -0.39 is 17.9 Å². The van der Waals surface area contributed by atoms with E-state index in [1.165, 1.54) is 0 Å². The van der Waals surface area contributed by atoms with Gasteiger partial charge in [0, 0.05) is 36.9 Å². The van der Waals surface area contributed by atoms with Crippen LogP contribution in [0.5, 0.6) is 0 Å². The Morgan fingerprint density at radius 1 is 0.857 bits per heavy atom. The predicted octanol–water partition coefficient (Wildman–Crippen LogP) is 6.34. The molecule has 1 aliphatic rings. The van der Waals surface area contributed by atoms with Crippen molar-refractivity contribution in [1.82, 2.24) is 0 Å². The Bertz CT molecular complexity index is 1140. The Morgan fingerprint density at radius 2 is 1.37 bits per heavy atom. The zero-order chi connectivity index (χ0) is 25.9. The second-order valence-corrected chi connectivity index (χ2v) is 9.11. The van der Waals surface area contributed by atoms with E-state index in [4.69, 9.17) is 32.7 Å². The normalized spacial score (nSPS) is 14.3. The molecular formula is C27H30Cl2N2O4. The van der Waals surface area contributed by atoms with Gasteiger partial charge in [0.2, 0.25) is 0 Å². The number of carbonyl (C=O) groups is 2.